The summed E-state index contributed by atoms with van der Waals surface area (Å²) in [6, 6.07) is 10.7. The van der Waals surface area contributed by atoms with Gasteiger partial charge in [0.25, 0.3) is 0 Å². The van der Waals surface area contributed by atoms with Gasteiger partial charge in [-0.1, -0.05) is 17.3 Å². The van der Waals surface area contributed by atoms with Crippen LogP contribution in [0.5, 0.6) is 17.2 Å². The van der Waals surface area contributed by atoms with Crippen molar-refractivity contribution < 1.29 is 33.1 Å². The highest BCUT2D eigenvalue weighted by Crippen LogP contribution is 2.33. The van der Waals surface area contributed by atoms with E-state index in [2.05, 4.69) is 10.1 Å². The van der Waals surface area contributed by atoms with Crippen LogP contribution in [-0.4, -0.2) is 53.7 Å². The minimum atomic E-state index is -1.00. The zero-order valence-corrected chi connectivity index (χ0v) is 18.1. The van der Waals surface area contributed by atoms with Gasteiger partial charge in [0.15, 0.2) is 11.5 Å². The standard InChI is InChI=1S/C22H20N4O7/c1-4-32-15-8-6-5-7-14(15)26-21(28)20(27)25(22(26)29)12-18-23-19(24-33-18)13-9-10-16(30-2)17(11-13)31-3/h5-11H,4,12H2,1-3H3. The summed E-state index contributed by atoms with van der Waals surface area (Å²) in [5, 5.41) is 3.89. The minimum Gasteiger partial charge on any atom is -0.493 e. The molecule has 3 aromatic rings. The number of hydrogen-bond donors (Lipinski definition) is 0. The summed E-state index contributed by atoms with van der Waals surface area (Å²) in [6.07, 6.45) is 0. The zero-order valence-electron chi connectivity index (χ0n) is 18.1. The van der Waals surface area contributed by atoms with Gasteiger partial charge in [-0.3, -0.25) is 9.59 Å². The van der Waals surface area contributed by atoms with Gasteiger partial charge in [0, 0.05) is 5.56 Å². The van der Waals surface area contributed by atoms with E-state index >= 15 is 0 Å². The van der Waals surface area contributed by atoms with Gasteiger partial charge in [0.2, 0.25) is 11.7 Å². The van der Waals surface area contributed by atoms with Gasteiger partial charge in [0.1, 0.15) is 12.3 Å². The van der Waals surface area contributed by atoms with Crippen molar-refractivity contribution in [3.63, 3.8) is 0 Å². The van der Waals surface area contributed by atoms with Crippen molar-refractivity contribution in [3.05, 3.63) is 48.4 Å². The third-order valence-corrected chi connectivity index (χ3v) is 4.86. The fourth-order valence-electron chi connectivity index (χ4n) is 3.32. The van der Waals surface area contributed by atoms with Crippen LogP contribution in [-0.2, 0) is 16.1 Å². The van der Waals surface area contributed by atoms with E-state index < -0.39 is 17.8 Å². The van der Waals surface area contributed by atoms with Crippen molar-refractivity contribution in [2.75, 3.05) is 25.7 Å². The molecule has 170 valence electrons. The van der Waals surface area contributed by atoms with E-state index in [4.69, 9.17) is 18.7 Å². The molecular weight excluding hydrogens is 432 g/mol. The number of hydrogen-bond acceptors (Lipinski definition) is 9. The number of aromatic nitrogens is 2. The average Bonchev–Trinajstić information content (AvgIpc) is 3.38. The van der Waals surface area contributed by atoms with Crippen LogP contribution in [0.25, 0.3) is 11.4 Å². The molecule has 1 aliphatic heterocycles. The molecule has 0 spiro atoms. The molecule has 0 radical (unpaired) electrons. The SMILES string of the molecule is CCOc1ccccc1N1C(=O)C(=O)N(Cc2nc(-c3ccc(OC)c(OC)c3)no2)C1=O. The molecule has 33 heavy (non-hydrogen) atoms. The average molecular weight is 452 g/mol. The highest BCUT2D eigenvalue weighted by atomic mass is 16.5. The van der Waals surface area contributed by atoms with E-state index in [1.54, 1.807) is 43.3 Å². The van der Waals surface area contributed by atoms with Crippen LogP contribution in [0.2, 0.25) is 0 Å². The zero-order chi connectivity index (χ0) is 23.5. The molecule has 0 atom stereocenters. The number of carbonyl (C=O) groups is 3. The summed E-state index contributed by atoms with van der Waals surface area (Å²) >= 11 is 0. The predicted molar refractivity (Wildman–Crippen MR) is 114 cm³/mol. The first-order chi connectivity index (χ1) is 16.0. The Morgan fingerprint density at radius 3 is 2.42 bits per heavy atom. The van der Waals surface area contributed by atoms with Gasteiger partial charge in [0.05, 0.1) is 26.5 Å². The number of methoxy groups -OCH3 is 2. The molecule has 11 nitrogen and oxygen atoms in total. The minimum absolute atomic E-state index is 0.0192. The molecule has 4 rings (SSSR count). The number of para-hydroxylation sites is 2. The first-order valence-electron chi connectivity index (χ1n) is 9.95. The Bertz CT molecular complexity index is 1220. The largest absolute Gasteiger partial charge is 0.493 e. The van der Waals surface area contributed by atoms with E-state index in [-0.39, 0.29) is 23.9 Å². The Labute approximate surface area is 188 Å². The maximum atomic E-state index is 13.0. The second-order valence-corrected chi connectivity index (χ2v) is 6.80. The topological polar surface area (TPSA) is 124 Å². The second-order valence-electron chi connectivity index (χ2n) is 6.80. The van der Waals surface area contributed by atoms with Crippen molar-refractivity contribution in [2.24, 2.45) is 0 Å². The van der Waals surface area contributed by atoms with Crippen LogP contribution in [0, 0.1) is 0 Å². The summed E-state index contributed by atoms with van der Waals surface area (Å²) in [6.45, 7) is 1.73. The van der Waals surface area contributed by atoms with Gasteiger partial charge in [-0.05, 0) is 37.3 Å². The molecule has 0 N–H and O–H groups in total. The van der Waals surface area contributed by atoms with Crippen molar-refractivity contribution in [1.29, 1.82) is 0 Å². The molecule has 0 saturated carbocycles. The number of urea groups is 1. The fraction of sp³-hybridized carbons (Fsp3) is 0.227. The summed E-state index contributed by atoms with van der Waals surface area (Å²) in [7, 11) is 3.02. The molecule has 2 aromatic carbocycles. The molecule has 1 saturated heterocycles. The lowest BCUT2D eigenvalue weighted by atomic mass is 10.2. The van der Waals surface area contributed by atoms with Crippen molar-refractivity contribution >= 4 is 23.5 Å². The maximum absolute atomic E-state index is 13.0. The number of rotatable bonds is 8. The Hall–Kier alpha value is -4.41. The summed E-state index contributed by atoms with van der Waals surface area (Å²) < 4.78 is 21.2. The van der Waals surface area contributed by atoms with Gasteiger partial charge >= 0.3 is 17.8 Å². The third-order valence-electron chi connectivity index (χ3n) is 4.86. The smallest absolute Gasteiger partial charge is 0.339 e. The molecule has 0 aliphatic carbocycles. The van der Waals surface area contributed by atoms with E-state index in [9.17, 15) is 14.4 Å². The molecule has 11 heteroatoms. The Balaban J connectivity index is 1.57. The molecule has 2 heterocycles. The molecule has 0 unspecified atom stereocenters. The number of nitrogens with zero attached hydrogens (tertiary/aromatic N) is 4. The molecule has 4 amide bonds. The van der Waals surface area contributed by atoms with E-state index in [0.29, 0.717) is 29.4 Å². The van der Waals surface area contributed by atoms with Crippen LogP contribution < -0.4 is 19.1 Å². The molecule has 1 aliphatic rings. The number of anilines is 1. The molecule has 1 fully saturated rings. The van der Waals surface area contributed by atoms with E-state index in [0.717, 1.165) is 9.80 Å². The monoisotopic (exact) mass is 452 g/mol. The van der Waals surface area contributed by atoms with Gasteiger partial charge in [-0.15, -0.1) is 0 Å². The lowest BCUT2D eigenvalue weighted by Crippen LogP contribution is -2.33. The quantitative estimate of drug-likeness (QED) is 0.375. The fourth-order valence-corrected chi connectivity index (χ4v) is 3.32. The Kier molecular flexibility index (Phi) is 5.94. The van der Waals surface area contributed by atoms with Crippen LogP contribution >= 0.6 is 0 Å². The summed E-state index contributed by atoms with van der Waals surface area (Å²) in [5.74, 6) is -0.484. The summed E-state index contributed by atoms with van der Waals surface area (Å²) in [5.41, 5.74) is 0.756. The second kappa shape index (κ2) is 8.99. The van der Waals surface area contributed by atoms with Crippen LogP contribution in [0.1, 0.15) is 12.8 Å². The summed E-state index contributed by atoms with van der Waals surface area (Å²) in [4.78, 5) is 43.9. The van der Waals surface area contributed by atoms with E-state index in [1.165, 1.54) is 20.3 Å². The molecular formula is C22H20N4O7. The number of benzene rings is 2. The lowest BCUT2D eigenvalue weighted by molar-refractivity contribution is -0.139. The van der Waals surface area contributed by atoms with Gasteiger partial charge in [-0.25, -0.2) is 14.6 Å². The van der Waals surface area contributed by atoms with Crippen LogP contribution in [0.15, 0.2) is 47.0 Å². The highest BCUT2D eigenvalue weighted by Gasteiger charge is 2.47. The number of ether oxygens (including phenoxy) is 3. The third kappa shape index (κ3) is 3.95. The van der Waals surface area contributed by atoms with Gasteiger partial charge < -0.3 is 18.7 Å². The predicted octanol–water partition coefficient (Wildman–Crippen LogP) is 2.65. The lowest BCUT2D eigenvalue weighted by Gasteiger charge is -2.17. The number of imide groups is 2. The molecule has 1 aromatic heterocycles. The van der Waals surface area contributed by atoms with Crippen molar-refractivity contribution in [3.8, 4) is 28.6 Å². The van der Waals surface area contributed by atoms with Crippen LogP contribution in [0.3, 0.4) is 0 Å². The Morgan fingerprint density at radius 2 is 1.70 bits per heavy atom. The first kappa shape index (κ1) is 21.8. The van der Waals surface area contributed by atoms with E-state index in [1.807, 2.05) is 0 Å². The highest BCUT2D eigenvalue weighted by molar-refractivity contribution is 6.52. The first-order valence-corrected chi connectivity index (χ1v) is 9.95. The van der Waals surface area contributed by atoms with Crippen molar-refractivity contribution in [1.82, 2.24) is 15.0 Å². The van der Waals surface area contributed by atoms with Gasteiger partial charge in [-0.2, -0.15) is 4.98 Å². The van der Waals surface area contributed by atoms with Crippen molar-refractivity contribution in [2.45, 2.75) is 13.5 Å². The number of carbonyl (C=O) groups excluding carboxylic acids is 3. The molecule has 0 bridgehead atoms. The number of amides is 4. The van der Waals surface area contributed by atoms with Crippen LogP contribution in [0.4, 0.5) is 10.5 Å². The Morgan fingerprint density at radius 1 is 0.939 bits per heavy atom. The normalized spacial score (nSPS) is 13.6. The maximum Gasteiger partial charge on any atom is 0.339 e.